The van der Waals surface area contributed by atoms with E-state index in [9.17, 15) is 9.18 Å². The minimum Gasteiger partial charge on any atom is -0.361 e. The van der Waals surface area contributed by atoms with Gasteiger partial charge in [0.15, 0.2) is 0 Å². The second kappa shape index (κ2) is 8.18. The zero-order valence-corrected chi connectivity index (χ0v) is 16.7. The number of halogens is 1. The minimum atomic E-state index is -0.210. The number of nitrogens with zero attached hydrogens (tertiary/aromatic N) is 1. The van der Waals surface area contributed by atoms with E-state index < -0.39 is 0 Å². The summed E-state index contributed by atoms with van der Waals surface area (Å²) in [7, 11) is 0. The molecule has 2 aliphatic rings. The molecule has 156 valence electrons. The van der Waals surface area contributed by atoms with Crippen molar-refractivity contribution in [2.75, 3.05) is 13.1 Å². The van der Waals surface area contributed by atoms with E-state index in [-0.39, 0.29) is 30.0 Å². The quantitative estimate of drug-likeness (QED) is 0.537. The first-order chi connectivity index (χ1) is 14.7. The predicted molar refractivity (Wildman–Crippen MR) is 114 cm³/mol. The molecule has 2 aromatic carbocycles. The molecule has 0 saturated carbocycles. The molecule has 4 N–H and O–H groups in total. The van der Waals surface area contributed by atoms with Crippen LogP contribution < -0.4 is 16.2 Å². The Morgan fingerprint density at radius 1 is 1.03 bits per heavy atom. The van der Waals surface area contributed by atoms with Gasteiger partial charge in [-0.15, -0.1) is 0 Å². The molecule has 7 heteroatoms. The first kappa shape index (κ1) is 19.2. The molecule has 2 saturated heterocycles. The molecule has 2 fully saturated rings. The molecule has 3 aromatic rings. The van der Waals surface area contributed by atoms with Crippen LogP contribution in [0.4, 0.5) is 4.39 Å². The van der Waals surface area contributed by atoms with Crippen LogP contribution in [0.15, 0.2) is 54.7 Å². The van der Waals surface area contributed by atoms with Crippen LogP contribution in [-0.4, -0.2) is 41.1 Å². The van der Waals surface area contributed by atoms with E-state index in [0.717, 1.165) is 48.8 Å². The summed E-state index contributed by atoms with van der Waals surface area (Å²) in [6, 6.07) is 14.8. The maximum Gasteiger partial charge on any atom is 0.251 e. The van der Waals surface area contributed by atoms with Gasteiger partial charge in [-0.25, -0.2) is 15.2 Å². The van der Waals surface area contributed by atoms with Crippen molar-refractivity contribution in [2.45, 2.75) is 37.5 Å². The Morgan fingerprint density at radius 2 is 1.83 bits per heavy atom. The maximum atomic E-state index is 13.2. The number of nitrogens with one attached hydrogen (secondary N) is 4. The Morgan fingerprint density at radius 3 is 2.63 bits per heavy atom. The summed E-state index contributed by atoms with van der Waals surface area (Å²) in [4.78, 5) is 18.2. The Balaban J connectivity index is 1.13. The van der Waals surface area contributed by atoms with Gasteiger partial charge in [-0.3, -0.25) is 9.69 Å². The molecule has 2 aliphatic heterocycles. The van der Waals surface area contributed by atoms with Gasteiger partial charge in [0.25, 0.3) is 5.91 Å². The third kappa shape index (κ3) is 3.96. The fourth-order valence-electron chi connectivity index (χ4n) is 4.51. The summed E-state index contributed by atoms with van der Waals surface area (Å²) in [5, 5.41) is 4.30. The Hall–Kier alpha value is -2.74. The lowest BCUT2D eigenvalue weighted by molar-refractivity contribution is 0.0880. The largest absolute Gasteiger partial charge is 0.361 e. The molecule has 2 unspecified atom stereocenters. The molecule has 2 atom stereocenters. The number of likely N-dealkylation sites (tertiary alicyclic amines) is 1. The van der Waals surface area contributed by atoms with Gasteiger partial charge in [0.05, 0.1) is 6.17 Å². The van der Waals surface area contributed by atoms with Gasteiger partial charge in [0, 0.05) is 42.5 Å². The van der Waals surface area contributed by atoms with Gasteiger partial charge >= 0.3 is 0 Å². The molecule has 0 aliphatic carbocycles. The Kier molecular flexibility index (Phi) is 5.25. The lowest BCUT2D eigenvalue weighted by atomic mass is 10.0. The van der Waals surface area contributed by atoms with E-state index in [1.165, 1.54) is 12.1 Å². The van der Waals surface area contributed by atoms with E-state index in [2.05, 4.69) is 26.1 Å². The average molecular weight is 407 g/mol. The lowest BCUT2D eigenvalue weighted by Gasteiger charge is -2.35. The van der Waals surface area contributed by atoms with Crippen LogP contribution >= 0.6 is 0 Å². The van der Waals surface area contributed by atoms with Crippen LogP contribution in [0.3, 0.4) is 0 Å². The molecule has 1 aromatic heterocycles. The first-order valence-corrected chi connectivity index (χ1v) is 10.5. The van der Waals surface area contributed by atoms with Crippen molar-refractivity contribution >= 4 is 16.8 Å². The fourth-order valence-corrected chi connectivity index (χ4v) is 4.51. The number of amides is 1. The number of carbonyl (C=O) groups excluding carboxylic acids is 1. The van der Waals surface area contributed by atoms with E-state index in [4.69, 9.17) is 0 Å². The minimum absolute atomic E-state index is 0.0121. The SMILES string of the molecule is O=C(NC1CCN(C2CC(c3ccc(F)cc3)NN2)CC1)c1ccc2cc[nH]c2c1. The molecule has 3 heterocycles. The summed E-state index contributed by atoms with van der Waals surface area (Å²) in [5.41, 5.74) is 9.47. The zero-order chi connectivity index (χ0) is 20.5. The summed E-state index contributed by atoms with van der Waals surface area (Å²) >= 11 is 0. The summed E-state index contributed by atoms with van der Waals surface area (Å²) in [6.45, 7) is 1.85. The van der Waals surface area contributed by atoms with Crippen molar-refractivity contribution in [3.8, 4) is 0 Å². The number of aromatic amines is 1. The summed E-state index contributed by atoms with van der Waals surface area (Å²) in [6.07, 6.45) is 4.91. The van der Waals surface area contributed by atoms with E-state index >= 15 is 0 Å². The highest BCUT2D eigenvalue weighted by Crippen LogP contribution is 2.26. The molecule has 30 heavy (non-hydrogen) atoms. The smallest absolute Gasteiger partial charge is 0.251 e. The number of piperidine rings is 1. The normalized spacial score (nSPS) is 23.1. The molecule has 0 radical (unpaired) electrons. The van der Waals surface area contributed by atoms with E-state index in [0.29, 0.717) is 5.56 Å². The summed E-state index contributed by atoms with van der Waals surface area (Å²) < 4.78 is 13.2. The van der Waals surface area contributed by atoms with Crippen LogP contribution in [0, 0.1) is 5.82 Å². The highest BCUT2D eigenvalue weighted by atomic mass is 19.1. The molecular formula is C23H26FN5O. The van der Waals surface area contributed by atoms with Gasteiger partial charge in [0.1, 0.15) is 5.82 Å². The second-order valence-corrected chi connectivity index (χ2v) is 8.21. The van der Waals surface area contributed by atoms with Crippen molar-refractivity contribution in [1.82, 2.24) is 26.1 Å². The number of H-pyrrole nitrogens is 1. The third-order valence-corrected chi connectivity index (χ3v) is 6.28. The van der Waals surface area contributed by atoms with Crippen LogP contribution in [-0.2, 0) is 0 Å². The fraction of sp³-hybridized carbons (Fsp3) is 0.348. The number of carbonyl (C=O) groups is 1. The monoisotopic (exact) mass is 407 g/mol. The van der Waals surface area contributed by atoms with Gasteiger partial charge in [-0.1, -0.05) is 18.2 Å². The maximum absolute atomic E-state index is 13.2. The van der Waals surface area contributed by atoms with Crippen molar-refractivity contribution in [3.63, 3.8) is 0 Å². The van der Waals surface area contributed by atoms with Crippen LogP contribution in [0.2, 0.25) is 0 Å². The number of hydrogen-bond donors (Lipinski definition) is 4. The molecule has 6 nitrogen and oxygen atoms in total. The Labute approximate surface area is 174 Å². The van der Waals surface area contributed by atoms with Crippen LogP contribution in [0.5, 0.6) is 0 Å². The lowest BCUT2D eigenvalue weighted by Crippen LogP contribution is -2.51. The van der Waals surface area contributed by atoms with Crippen LogP contribution in [0.25, 0.3) is 10.9 Å². The van der Waals surface area contributed by atoms with Gasteiger partial charge in [-0.2, -0.15) is 0 Å². The number of hydrogen-bond acceptors (Lipinski definition) is 4. The van der Waals surface area contributed by atoms with Gasteiger partial charge in [0.2, 0.25) is 0 Å². The zero-order valence-electron chi connectivity index (χ0n) is 16.7. The second-order valence-electron chi connectivity index (χ2n) is 8.21. The van der Waals surface area contributed by atoms with Crippen molar-refractivity contribution in [1.29, 1.82) is 0 Å². The molecule has 0 spiro atoms. The highest BCUT2D eigenvalue weighted by molar-refractivity contribution is 5.98. The Bertz CT molecular complexity index is 1030. The van der Waals surface area contributed by atoms with E-state index in [1.807, 2.05) is 42.6 Å². The number of hydrazine groups is 1. The molecule has 5 rings (SSSR count). The van der Waals surface area contributed by atoms with Gasteiger partial charge in [-0.05, 0) is 60.5 Å². The van der Waals surface area contributed by atoms with Crippen molar-refractivity contribution in [2.24, 2.45) is 0 Å². The number of fused-ring (bicyclic) bond motifs is 1. The van der Waals surface area contributed by atoms with Crippen LogP contribution in [0.1, 0.15) is 41.2 Å². The predicted octanol–water partition coefficient (Wildman–Crippen LogP) is 3.07. The number of benzene rings is 2. The molecule has 0 bridgehead atoms. The highest BCUT2D eigenvalue weighted by Gasteiger charge is 2.32. The topological polar surface area (TPSA) is 72.2 Å². The van der Waals surface area contributed by atoms with Crippen molar-refractivity contribution < 1.29 is 9.18 Å². The van der Waals surface area contributed by atoms with Gasteiger partial charge < -0.3 is 10.3 Å². The average Bonchev–Trinajstić information content (AvgIpc) is 3.44. The molecular weight excluding hydrogens is 381 g/mol. The first-order valence-electron chi connectivity index (χ1n) is 10.5. The number of aromatic nitrogens is 1. The third-order valence-electron chi connectivity index (χ3n) is 6.28. The molecule has 1 amide bonds. The van der Waals surface area contributed by atoms with E-state index in [1.54, 1.807) is 0 Å². The summed E-state index contributed by atoms with van der Waals surface area (Å²) in [5.74, 6) is -0.222. The standard InChI is InChI=1S/C23H26FN5O/c24-18-5-3-15(4-6-18)21-14-22(28-27-21)29-11-8-19(9-12-29)26-23(30)17-2-1-16-7-10-25-20(16)13-17/h1-7,10,13,19,21-22,25,27-28H,8-9,11-12,14H2,(H,26,30). The van der Waals surface area contributed by atoms with Crippen molar-refractivity contribution in [3.05, 3.63) is 71.7 Å². The number of rotatable bonds is 4.